The number of nitrogens with two attached hydrogens (primary N) is 1. The van der Waals surface area contributed by atoms with Crippen molar-refractivity contribution in [2.24, 2.45) is 5.73 Å². The number of nitrogens with one attached hydrogen (secondary N) is 1. The normalized spacial score (nSPS) is 17.6. The lowest BCUT2D eigenvalue weighted by atomic mass is 10.0. The minimum atomic E-state index is -0.441. The Morgan fingerprint density at radius 2 is 1.96 bits per heavy atom. The zero-order valence-electron chi connectivity index (χ0n) is 15.5. The Kier molecular flexibility index (Phi) is 5.41. The number of likely N-dealkylation sites (tertiary alicyclic amines) is 1. The molecule has 2 aromatic carbocycles. The van der Waals surface area contributed by atoms with Crippen molar-refractivity contribution in [1.82, 2.24) is 10.2 Å². The average Bonchev–Trinajstić information content (AvgIpc) is 3.43. The highest BCUT2D eigenvalue weighted by molar-refractivity contribution is 7.12. The van der Waals surface area contributed by atoms with Crippen LogP contribution in [0.5, 0.6) is 0 Å². The zero-order valence-corrected chi connectivity index (χ0v) is 16.3. The van der Waals surface area contributed by atoms with E-state index in [9.17, 15) is 9.59 Å². The average molecular weight is 394 g/mol. The molecule has 3 aromatic rings. The van der Waals surface area contributed by atoms with Crippen molar-refractivity contribution in [2.75, 3.05) is 13.1 Å². The number of rotatable bonds is 5. The van der Waals surface area contributed by atoms with Crippen LogP contribution < -0.4 is 11.1 Å². The lowest BCUT2D eigenvalue weighted by molar-refractivity contribution is -0.125. The SMILES string of the molecule is NCC(NC(=O)C1CCCN1C(=O)c1cccs1)c1ccc2ccccc2c1. The number of nitrogens with zero attached hydrogens (tertiary/aromatic N) is 1. The van der Waals surface area contributed by atoms with Gasteiger partial charge in [-0.1, -0.05) is 42.5 Å². The van der Waals surface area contributed by atoms with Crippen molar-refractivity contribution in [2.45, 2.75) is 24.9 Å². The van der Waals surface area contributed by atoms with Gasteiger partial charge in [0.25, 0.3) is 5.91 Å². The second-order valence-corrected chi connectivity index (χ2v) is 7.99. The lowest BCUT2D eigenvalue weighted by Gasteiger charge is -2.26. The number of hydrogen-bond donors (Lipinski definition) is 2. The zero-order chi connectivity index (χ0) is 19.5. The quantitative estimate of drug-likeness (QED) is 0.698. The molecule has 28 heavy (non-hydrogen) atoms. The van der Waals surface area contributed by atoms with Gasteiger partial charge in [0.1, 0.15) is 6.04 Å². The molecule has 0 bridgehead atoms. The van der Waals surface area contributed by atoms with E-state index in [1.165, 1.54) is 11.3 Å². The molecule has 1 fully saturated rings. The Balaban J connectivity index is 1.51. The third-order valence-electron chi connectivity index (χ3n) is 5.28. The molecule has 1 aliphatic heterocycles. The van der Waals surface area contributed by atoms with Crippen LogP contribution in [0.1, 0.15) is 34.1 Å². The summed E-state index contributed by atoms with van der Waals surface area (Å²) >= 11 is 1.41. The number of thiophene rings is 1. The summed E-state index contributed by atoms with van der Waals surface area (Å²) in [4.78, 5) is 28.1. The van der Waals surface area contributed by atoms with Crippen LogP contribution in [-0.2, 0) is 4.79 Å². The Bertz CT molecular complexity index is 986. The van der Waals surface area contributed by atoms with E-state index >= 15 is 0 Å². The molecule has 5 nitrogen and oxygen atoms in total. The molecular formula is C22H23N3O2S. The first kappa shape index (κ1) is 18.7. The molecule has 1 aliphatic rings. The van der Waals surface area contributed by atoms with E-state index in [0.29, 0.717) is 24.4 Å². The van der Waals surface area contributed by atoms with E-state index in [-0.39, 0.29) is 17.9 Å². The first-order valence-electron chi connectivity index (χ1n) is 9.51. The van der Waals surface area contributed by atoms with Crippen molar-refractivity contribution >= 4 is 33.9 Å². The van der Waals surface area contributed by atoms with Crippen molar-refractivity contribution in [3.63, 3.8) is 0 Å². The van der Waals surface area contributed by atoms with Crippen LogP contribution in [0, 0.1) is 0 Å². The fourth-order valence-corrected chi connectivity index (χ4v) is 4.47. The molecule has 3 N–H and O–H groups in total. The topological polar surface area (TPSA) is 75.4 Å². The smallest absolute Gasteiger partial charge is 0.264 e. The Morgan fingerprint density at radius 3 is 2.71 bits per heavy atom. The van der Waals surface area contributed by atoms with Crippen LogP contribution in [0.15, 0.2) is 60.0 Å². The molecule has 1 aromatic heterocycles. The number of hydrogen-bond acceptors (Lipinski definition) is 4. The summed E-state index contributed by atoms with van der Waals surface area (Å²) < 4.78 is 0. The molecule has 2 amide bonds. The van der Waals surface area contributed by atoms with Gasteiger partial charge in [0, 0.05) is 13.1 Å². The van der Waals surface area contributed by atoms with Crippen molar-refractivity contribution < 1.29 is 9.59 Å². The van der Waals surface area contributed by atoms with Gasteiger partial charge in [-0.2, -0.15) is 0 Å². The van der Waals surface area contributed by atoms with Gasteiger partial charge >= 0.3 is 0 Å². The van der Waals surface area contributed by atoms with Gasteiger partial charge in [-0.3, -0.25) is 9.59 Å². The molecule has 2 heterocycles. The number of amides is 2. The summed E-state index contributed by atoms with van der Waals surface area (Å²) in [5.74, 6) is -0.200. The van der Waals surface area contributed by atoms with Gasteiger partial charge in [-0.05, 0) is 46.7 Å². The third-order valence-corrected chi connectivity index (χ3v) is 6.13. The number of fused-ring (bicyclic) bond motifs is 1. The highest BCUT2D eigenvalue weighted by Gasteiger charge is 2.35. The largest absolute Gasteiger partial charge is 0.346 e. The summed E-state index contributed by atoms with van der Waals surface area (Å²) in [6.45, 7) is 0.910. The van der Waals surface area contributed by atoms with Crippen LogP contribution in [0.3, 0.4) is 0 Å². The van der Waals surface area contributed by atoms with Gasteiger partial charge in [0.15, 0.2) is 0 Å². The Morgan fingerprint density at radius 1 is 1.14 bits per heavy atom. The van der Waals surface area contributed by atoms with Gasteiger partial charge in [0.05, 0.1) is 10.9 Å². The summed E-state index contributed by atoms with van der Waals surface area (Å²) in [5, 5.41) is 7.21. The van der Waals surface area contributed by atoms with Crippen LogP contribution in [0.4, 0.5) is 0 Å². The van der Waals surface area contributed by atoms with E-state index in [4.69, 9.17) is 5.73 Å². The molecule has 0 saturated carbocycles. The first-order chi connectivity index (χ1) is 13.7. The molecule has 6 heteroatoms. The van der Waals surface area contributed by atoms with E-state index in [1.807, 2.05) is 41.8 Å². The molecular weight excluding hydrogens is 370 g/mol. The number of carbonyl (C=O) groups excluding carboxylic acids is 2. The number of benzene rings is 2. The van der Waals surface area contributed by atoms with E-state index < -0.39 is 6.04 Å². The van der Waals surface area contributed by atoms with Crippen LogP contribution in [0.2, 0.25) is 0 Å². The third kappa shape index (κ3) is 3.66. The van der Waals surface area contributed by atoms with Crippen molar-refractivity contribution in [3.05, 3.63) is 70.4 Å². The van der Waals surface area contributed by atoms with Crippen molar-refractivity contribution in [3.8, 4) is 0 Å². The molecule has 4 rings (SSSR count). The maximum atomic E-state index is 13.0. The van der Waals surface area contributed by atoms with E-state index in [0.717, 1.165) is 22.8 Å². The van der Waals surface area contributed by atoms with E-state index in [2.05, 4.69) is 17.4 Å². The molecule has 1 saturated heterocycles. The van der Waals surface area contributed by atoms with Crippen LogP contribution in [0.25, 0.3) is 10.8 Å². The molecule has 0 spiro atoms. The Labute approximate surface area is 168 Å². The van der Waals surface area contributed by atoms with Crippen LogP contribution in [-0.4, -0.2) is 35.8 Å². The summed E-state index contributed by atoms with van der Waals surface area (Å²) in [5.41, 5.74) is 6.95. The predicted octanol–water partition coefficient (Wildman–Crippen LogP) is 3.32. The monoisotopic (exact) mass is 393 g/mol. The minimum Gasteiger partial charge on any atom is -0.346 e. The number of carbonyl (C=O) groups is 2. The van der Waals surface area contributed by atoms with Gasteiger partial charge < -0.3 is 16.0 Å². The maximum Gasteiger partial charge on any atom is 0.264 e. The molecule has 0 radical (unpaired) electrons. The fraction of sp³-hybridized carbons (Fsp3) is 0.273. The first-order valence-corrected chi connectivity index (χ1v) is 10.4. The summed E-state index contributed by atoms with van der Waals surface area (Å²) in [7, 11) is 0. The highest BCUT2D eigenvalue weighted by Crippen LogP contribution is 2.24. The van der Waals surface area contributed by atoms with Crippen LogP contribution >= 0.6 is 11.3 Å². The van der Waals surface area contributed by atoms with Gasteiger partial charge in [-0.15, -0.1) is 11.3 Å². The molecule has 144 valence electrons. The standard InChI is InChI=1S/C22H23N3O2S/c23-14-18(17-10-9-15-5-1-2-6-16(15)13-17)24-21(26)19-7-3-11-25(19)22(27)20-8-4-12-28-20/h1-2,4-6,8-10,12-13,18-19H,3,7,11,14,23H2,(H,24,26). The highest BCUT2D eigenvalue weighted by atomic mass is 32.1. The lowest BCUT2D eigenvalue weighted by Crippen LogP contribution is -2.47. The summed E-state index contributed by atoms with van der Waals surface area (Å²) in [6.07, 6.45) is 1.51. The maximum absolute atomic E-state index is 13.0. The molecule has 2 unspecified atom stereocenters. The van der Waals surface area contributed by atoms with Gasteiger partial charge in [0.2, 0.25) is 5.91 Å². The minimum absolute atomic E-state index is 0.0670. The summed E-state index contributed by atoms with van der Waals surface area (Å²) in [6, 6.07) is 17.2. The molecule has 2 atom stereocenters. The predicted molar refractivity (Wildman–Crippen MR) is 112 cm³/mol. The van der Waals surface area contributed by atoms with Gasteiger partial charge in [-0.25, -0.2) is 0 Å². The second-order valence-electron chi connectivity index (χ2n) is 7.04. The van der Waals surface area contributed by atoms with Crippen molar-refractivity contribution in [1.29, 1.82) is 0 Å². The Hall–Kier alpha value is -2.70. The fourth-order valence-electron chi connectivity index (χ4n) is 3.79. The molecule has 0 aliphatic carbocycles. The van der Waals surface area contributed by atoms with E-state index in [1.54, 1.807) is 11.0 Å². The second kappa shape index (κ2) is 8.12.